The molecule has 0 spiro atoms. The number of ether oxygens (including phenoxy) is 1. The van der Waals surface area contributed by atoms with Gasteiger partial charge in [0.2, 0.25) is 0 Å². The lowest BCUT2D eigenvalue weighted by Crippen LogP contribution is -2.20. The quantitative estimate of drug-likeness (QED) is 0.514. The zero-order valence-electron chi connectivity index (χ0n) is 15.4. The number of carbonyl (C=O) groups is 1. The fourth-order valence-electron chi connectivity index (χ4n) is 3.35. The second-order valence-corrected chi connectivity index (χ2v) is 7.70. The molecule has 0 aliphatic carbocycles. The van der Waals surface area contributed by atoms with Crippen LogP contribution in [0.4, 0.5) is 11.4 Å². The van der Waals surface area contributed by atoms with Crippen LogP contribution in [0.5, 0.6) is 0 Å². The lowest BCUT2D eigenvalue weighted by molar-refractivity contribution is -0.145. The average Bonchev–Trinajstić information content (AvgIpc) is 2.68. The van der Waals surface area contributed by atoms with Gasteiger partial charge in [0.25, 0.3) is 0 Å². The zero-order valence-corrected chi connectivity index (χ0v) is 16.2. The summed E-state index contributed by atoms with van der Waals surface area (Å²) in [4.78, 5) is 16.2. The van der Waals surface area contributed by atoms with Gasteiger partial charge in [0.1, 0.15) is 6.10 Å². The van der Waals surface area contributed by atoms with E-state index in [0.717, 1.165) is 17.8 Å². The van der Waals surface area contributed by atoms with Crippen LogP contribution in [0.2, 0.25) is 0 Å². The summed E-state index contributed by atoms with van der Waals surface area (Å²) < 4.78 is 5.39. The monoisotopic (exact) mass is 375 g/mol. The fourth-order valence-corrected chi connectivity index (χ4v) is 4.43. The summed E-state index contributed by atoms with van der Waals surface area (Å²) in [6.07, 6.45) is -0.270. The van der Waals surface area contributed by atoms with Crippen LogP contribution in [0.3, 0.4) is 0 Å². The molecule has 0 fully saturated rings. The number of hydrogen-bond acceptors (Lipinski definition) is 4. The summed E-state index contributed by atoms with van der Waals surface area (Å²) in [6, 6.07) is 25.3. The molecule has 0 N–H and O–H groups in total. The maximum atomic E-state index is 11.3. The number of esters is 1. The molecule has 1 atom stereocenters. The van der Waals surface area contributed by atoms with E-state index in [2.05, 4.69) is 65.6 Å². The summed E-state index contributed by atoms with van der Waals surface area (Å²) in [5.74, 6) is -0.263. The third-order valence-corrected chi connectivity index (χ3v) is 5.78. The molecule has 0 saturated heterocycles. The first-order valence-corrected chi connectivity index (χ1v) is 9.83. The van der Waals surface area contributed by atoms with E-state index in [1.807, 2.05) is 19.1 Å². The van der Waals surface area contributed by atoms with Crippen molar-refractivity contribution in [3.63, 3.8) is 0 Å². The number of benzene rings is 3. The van der Waals surface area contributed by atoms with Crippen molar-refractivity contribution in [3.8, 4) is 0 Å². The lowest BCUT2D eigenvalue weighted by Gasteiger charge is -2.33. The molecule has 3 nitrogen and oxygen atoms in total. The third-order valence-electron chi connectivity index (χ3n) is 4.65. The largest absolute Gasteiger partial charge is 0.458 e. The maximum Gasteiger partial charge on any atom is 0.303 e. The molecule has 1 heterocycles. The minimum Gasteiger partial charge on any atom is -0.458 e. The Hall–Kier alpha value is -2.72. The van der Waals surface area contributed by atoms with Gasteiger partial charge in [-0.2, -0.15) is 0 Å². The van der Waals surface area contributed by atoms with Crippen molar-refractivity contribution in [1.82, 2.24) is 0 Å². The number of para-hydroxylation sites is 1. The highest BCUT2D eigenvalue weighted by Crippen LogP contribution is 2.49. The average molecular weight is 375 g/mol. The number of rotatable bonds is 4. The van der Waals surface area contributed by atoms with Crippen LogP contribution in [0.15, 0.2) is 82.6 Å². The highest BCUT2D eigenvalue weighted by molar-refractivity contribution is 7.99. The molecule has 0 saturated carbocycles. The van der Waals surface area contributed by atoms with Gasteiger partial charge < -0.3 is 9.64 Å². The molecule has 1 aliphatic rings. The predicted molar refractivity (Wildman–Crippen MR) is 109 cm³/mol. The van der Waals surface area contributed by atoms with Crippen LogP contribution in [0, 0.1) is 0 Å². The summed E-state index contributed by atoms with van der Waals surface area (Å²) >= 11 is 1.78. The van der Waals surface area contributed by atoms with Gasteiger partial charge >= 0.3 is 5.97 Å². The van der Waals surface area contributed by atoms with E-state index >= 15 is 0 Å². The first kappa shape index (κ1) is 17.7. The Labute approximate surface area is 164 Å². The fraction of sp³-hybridized carbons (Fsp3) is 0.174. The Kier molecular flexibility index (Phi) is 4.90. The normalized spacial score (nSPS) is 13.5. The minimum atomic E-state index is -0.270. The highest BCUT2D eigenvalue weighted by atomic mass is 32.2. The van der Waals surface area contributed by atoms with Crippen molar-refractivity contribution in [2.24, 2.45) is 0 Å². The second kappa shape index (κ2) is 7.49. The molecular formula is C23H21NO2S. The van der Waals surface area contributed by atoms with Crippen LogP contribution in [-0.2, 0) is 16.1 Å². The molecular weight excluding hydrogens is 354 g/mol. The van der Waals surface area contributed by atoms with Gasteiger partial charge in [0.05, 0.1) is 11.4 Å². The van der Waals surface area contributed by atoms with E-state index < -0.39 is 0 Å². The summed E-state index contributed by atoms with van der Waals surface area (Å²) in [5, 5.41) is 0. The third kappa shape index (κ3) is 3.71. The van der Waals surface area contributed by atoms with Gasteiger partial charge in [0, 0.05) is 23.3 Å². The highest BCUT2D eigenvalue weighted by Gasteiger charge is 2.24. The minimum absolute atomic E-state index is 0.263. The molecule has 3 aromatic rings. The van der Waals surface area contributed by atoms with Gasteiger partial charge in [-0.25, -0.2) is 0 Å². The van der Waals surface area contributed by atoms with Gasteiger partial charge in [-0.15, -0.1) is 0 Å². The Morgan fingerprint density at radius 2 is 1.67 bits per heavy atom. The van der Waals surface area contributed by atoms with E-state index in [9.17, 15) is 4.79 Å². The van der Waals surface area contributed by atoms with E-state index in [4.69, 9.17) is 4.74 Å². The summed E-state index contributed by atoms with van der Waals surface area (Å²) in [6.45, 7) is 4.15. The topological polar surface area (TPSA) is 29.5 Å². The van der Waals surface area contributed by atoms with Gasteiger partial charge in [0.15, 0.2) is 0 Å². The number of nitrogens with zero attached hydrogens (tertiary/aromatic N) is 1. The summed E-state index contributed by atoms with van der Waals surface area (Å²) in [7, 11) is 0. The van der Waals surface area contributed by atoms with E-state index in [1.165, 1.54) is 28.0 Å². The molecule has 0 radical (unpaired) electrons. The van der Waals surface area contributed by atoms with Crippen molar-refractivity contribution in [1.29, 1.82) is 0 Å². The standard InChI is InChI=1S/C23H21NO2S/c1-16(26-17(2)25)19-12-13-23-21(14-19)24(15-18-8-4-3-5-9-18)20-10-6-7-11-22(20)27-23/h3-14,16H,15H2,1-2H3. The Morgan fingerprint density at radius 1 is 0.963 bits per heavy atom. The van der Waals surface area contributed by atoms with Gasteiger partial charge in [-0.05, 0) is 42.3 Å². The first-order valence-electron chi connectivity index (χ1n) is 9.01. The first-order chi connectivity index (χ1) is 13.1. The molecule has 1 aliphatic heterocycles. The molecule has 136 valence electrons. The van der Waals surface area contributed by atoms with Crippen molar-refractivity contribution in [3.05, 3.63) is 83.9 Å². The number of carbonyl (C=O) groups excluding carboxylic acids is 1. The lowest BCUT2D eigenvalue weighted by atomic mass is 10.1. The van der Waals surface area contributed by atoms with E-state index in [0.29, 0.717) is 0 Å². The molecule has 0 bridgehead atoms. The van der Waals surface area contributed by atoms with Crippen molar-refractivity contribution in [2.75, 3.05) is 4.90 Å². The molecule has 4 heteroatoms. The van der Waals surface area contributed by atoms with Crippen LogP contribution >= 0.6 is 11.8 Å². The molecule has 3 aromatic carbocycles. The molecule has 0 aromatic heterocycles. The van der Waals surface area contributed by atoms with Crippen molar-refractivity contribution >= 4 is 29.1 Å². The maximum absolute atomic E-state index is 11.3. The Morgan fingerprint density at radius 3 is 2.44 bits per heavy atom. The smallest absolute Gasteiger partial charge is 0.303 e. The Balaban J connectivity index is 1.76. The summed E-state index contributed by atoms with van der Waals surface area (Å²) in [5.41, 5.74) is 4.61. The van der Waals surface area contributed by atoms with E-state index in [1.54, 1.807) is 11.8 Å². The van der Waals surface area contributed by atoms with Crippen LogP contribution in [-0.4, -0.2) is 5.97 Å². The van der Waals surface area contributed by atoms with Gasteiger partial charge in [-0.1, -0.05) is 60.3 Å². The number of anilines is 2. The molecule has 1 unspecified atom stereocenters. The molecule has 0 amide bonds. The predicted octanol–water partition coefficient (Wildman–Crippen LogP) is 6.11. The van der Waals surface area contributed by atoms with Crippen LogP contribution < -0.4 is 4.90 Å². The SMILES string of the molecule is CC(=O)OC(C)c1ccc2c(c1)N(Cc1ccccc1)c1ccccc1S2. The zero-order chi connectivity index (χ0) is 18.8. The number of fused-ring (bicyclic) bond motifs is 2. The van der Waals surface area contributed by atoms with Crippen molar-refractivity contribution < 1.29 is 9.53 Å². The van der Waals surface area contributed by atoms with E-state index in [-0.39, 0.29) is 12.1 Å². The number of hydrogen-bond donors (Lipinski definition) is 0. The van der Waals surface area contributed by atoms with Crippen LogP contribution in [0.25, 0.3) is 0 Å². The Bertz CT molecular complexity index is 971. The van der Waals surface area contributed by atoms with Gasteiger partial charge in [-0.3, -0.25) is 4.79 Å². The van der Waals surface area contributed by atoms with Crippen molar-refractivity contribution in [2.45, 2.75) is 36.3 Å². The molecule has 4 rings (SSSR count). The second-order valence-electron chi connectivity index (χ2n) is 6.62. The van der Waals surface area contributed by atoms with Crippen LogP contribution in [0.1, 0.15) is 31.1 Å². The molecule has 27 heavy (non-hydrogen) atoms.